The minimum Gasteiger partial charge on any atom is -0.509 e. The molecule has 1 aliphatic heterocycles. The molecule has 0 spiro atoms. The van der Waals surface area contributed by atoms with Crippen molar-refractivity contribution in [3.8, 4) is 17.3 Å². The van der Waals surface area contributed by atoms with E-state index in [0.717, 1.165) is 44.6 Å². The van der Waals surface area contributed by atoms with Gasteiger partial charge in [-0.2, -0.15) is 0 Å². The van der Waals surface area contributed by atoms with Crippen LogP contribution in [0.3, 0.4) is 0 Å². The van der Waals surface area contributed by atoms with Gasteiger partial charge in [0.1, 0.15) is 5.82 Å². The van der Waals surface area contributed by atoms with Crippen LogP contribution in [0.5, 0.6) is 11.5 Å². The Morgan fingerprint density at radius 3 is 1.53 bits per heavy atom. The Morgan fingerprint density at radius 2 is 0.961 bits per heavy atom. The molecule has 398 valence electrons. The number of benzene rings is 7. The standard InChI is InChI=1S/C71H75N4O.Pt/c1-66(2,3)51-34-27-35-54(40-51)73-47-74(65(71(14,15)50-32-23-18-24-33-50)64(73)70(12,13)49-30-21-17-22-31-49)55-41-53(67(4,5)6)42-56(44-55)76-57-45-59(68(7,8)9)63-58-36-25-26-37-60(58)75(61(63)46-57)62-43-52(38-39-72-62)69(10,11)48-28-19-16-20-29-48;/h16-43,45,47H,1-15H3;/q-3;. The van der Waals surface area contributed by atoms with Gasteiger partial charge in [-0.1, -0.05) is 236 Å². The third-order valence-electron chi connectivity index (χ3n) is 15.9. The second kappa shape index (κ2) is 20.3. The molecule has 0 bridgehead atoms. The second-order valence-corrected chi connectivity index (χ2v) is 25.6. The molecule has 5 nitrogen and oxygen atoms in total. The van der Waals surface area contributed by atoms with Gasteiger partial charge in [-0.15, -0.1) is 53.8 Å². The second-order valence-electron chi connectivity index (χ2n) is 25.6. The molecule has 0 saturated heterocycles. The summed E-state index contributed by atoms with van der Waals surface area (Å²) in [5.41, 5.74) is 13.0. The number of para-hydroxylation sites is 1. The normalized spacial score (nSPS) is 13.9. The fourth-order valence-corrected chi connectivity index (χ4v) is 11.2. The number of hydrogen-bond donors (Lipinski definition) is 0. The van der Waals surface area contributed by atoms with Crippen LogP contribution >= 0.6 is 0 Å². The van der Waals surface area contributed by atoms with E-state index in [1.165, 1.54) is 44.8 Å². The van der Waals surface area contributed by atoms with Crippen LogP contribution in [-0.4, -0.2) is 9.55 Å². The Balaban J connectivity index is 0.00000722. The maximum atomic E-state index is 7.30. The van der Waals surface area contributed by atoms with Gasteiger partial charge in [0, 0.05) is 77.6 Å². The monoisotopic (exact) mass is 1190 g/mol. The van der Waals surface area contributed by atoms with Gasteiger partial charge in [0.25, 0.3) is 0 Å². The zero-order valence-corrected chi connectivity index (χ0v) is 50.1. The van der Waals surface area contributed by atoms with E-state index in [9.17, 15) is 0 Å². The Labute approximate surface area is 474 Å². The number of anilines is 2. The first kappa shape index (κ1) is 55.1. The van der Waals surface area contributed by atoms with E-state index >= 15 is 0 Å². The Kier molecular flexibility index (Phi) is 14.5. The number of hydrogen-bond acceptors (Lipinski definition) is 4. The molecule has 6 heteroatoms. The van der Waals surface area contributed by atoms with E-state index in [2.05, 4.69) is 307 Å². The first-order valence-corrected chi connectivity index (χ1v) is 27.0. The summed E-state index contributed by atoms with van der Waals surface area (Å²) in [6.45, 7) is 36.9. The molecule has 0 N–H and O–H groups in total. The van der Waals surface area contributed by atoms with Crippen LogP contribution in [0.4, 0.5) is 11.4 Å². The smallest absolute Gasteiger partial charge is 0.135 e. The molecule has 0 radical (unpaired) electrons. The summed E-state index contributed by atoms with van der Waals surface area (Å²) in [7, 11) is 0. The van der Waals surface area contributed by atoms with Crippen LogP contribution in [0.25, 0.3) is 27.6 Å². The molecule has 9 aromatic rings. The summed E-state index contributed by atoms with van der Waals surface area (Å²) < 4.78 is 9.58. The summed E-state index contributed by atoms with van der Waals surface area (Å²) in [4.78, 5) is 9.95. The van der Waals surface area contributed by atoms with Gasteiger partial charge < -0.3 is 19.1 Å². The van der Waals surface area contributed by atoms with Crippen LogP contribution in [0.15, 0.2) is 187 Å². The Morgan fingerprint density at radius 1 is 0.442 bits per heavy atom. The number of ether oxygens (including phenoxy) is 1. The van der Waals surface area contributed by atoms with Crippen LogP contribution in [0, 0.1) is 18.8 Å². The van der Waals surface area contributed by atoms with Crippen molar-refractivity contribution >= 4 is 33.2 Å². The van der Waals surface area contributed by atoms with Crippen molar-refractivity contribution < 1.29 is 25.8 Å². The molecule has 0 fully saturated rings. The van der Waals surface area contributed by atoms with Crippen molar-refractivity contribution in [1.82, 2.24) is 9.55 Å². The largest absolute Gasteiger partial charge is 0.509 e. The zero-order valence-electron chi connectivity index (χ0n) is 47.8. The maximum Gasteiger partial charge on any atom is 0.135 e. The Bertz CT molecular complexity index is 3620. The van der Waals surface area contributed by atoms with Crippen LogP contribution in [-0.2, 0) is 53.6 Å². The summed E-state index contributed by atoms with van der Waals surface area (Å²) >= 11 is 0. The topological polar surface area (TPSA) is 33.5 Å². The van der Waals surface area contributed by atoms with E-state index in [0.29, 0.717) is 11.5 Å². The van der Waals surface area contributed by atoms with E-state index in [4.69, 9.17) is 9.72 Å². The number of allylic oxidation sites excluding steroid dienone is 2. The first-order chi connectivity index (χ1) is 35.8. The first-order valence-electron chi connectivity index (χ1n) is 27.0. The third-order valence-corrected chi connectivity index (χ3v) is 15.9. The minimum absolute atomic E-state index is 0. The predicted octanol–water partition coefficient (Wildman–Crippen LogP) is 18.4. The molecular formula is C71H75N4OPt-3. The number of pyridine rings is 1. The number of fused-ring (bicyclic) bond motifs is 3. The van der Waals surface area contributed by atoms with Crippen molar-refractivity contribution in [3.63, 3.8) is 0 Å². The number of nitrogens with zero attached hydrogens (tertiary/aromatic N) is 4. The summed E-state index contributed by atoms with van der Waals surface area (Å²) in [5, 5.41) is 2.30. The number of aromatic nitrogens is 2. The van der Waals surface area contributed by atoms with Gasteiger partial charge in [-0.25, -0.2) is 4.98 Å². The fourth-order valence-electron chi connectivity index (χ4n) is 11.2. The molecule has 0 saturated carbocycles. The average molecular weight is 1200 g/mol. The molecule has 3 heterocycles. The molecular weight excluding hydrogens is 1120 g/mol. The van der Waals surface area contributed by atoms with Gasteiger partial charge in [0.2, 0.25) is 0 Å². The van der Waals surface area contributed by atoms with Crippen LogP contribution in [0.1, 0.15) is 143 Å². The van der Waals surface area contributed by atoms with Gasteiger partial charge in [0.05, 0.1) is 0 Å². The molecule has 1 aliphatic rings. The molecule has 0 aliphatic carbocycles. The molecule has 0 amide bonds. The summed E-state index contributed by atoms with van der Waals surface area (Å²) in [6.07, 6.45) is 1.95. The maximum absolute atomic E-state index is 7.30. The van der Waals surface area contributed by atoms with Gasteiger partial charge >= 0.3 is 0 Å². The van der Waals surface area contributed by atoms with Crippen LogP contribution < -0.4 is 14.5 Å². The van der Waals surface area contributed by atoms with Crippen molar-refractivity contribution in [2.24, 2.45) is 0 Å². The van der Waals surface area contributed by atoms with Gasteiger partial charge in [-0.3, -0.25) is 0 Å². The minimum atomic E-state index is -0.488. The number of rotatable bonds is 11. The van der Waals surface area contributed by atoms with E-state index in [1.807, 2.05) is 6.20 Å². The van der Waals surface area contributed by atoms with E-state index in [-0.39, 0.29) is 42.7 Å². The van der Waals surface area contributed by atoms with Gasteiger partial charge in [-0.05, 0) is 79.8 Å². The average Bonchev–Trinajstić information content (AvgIpc) is 4.00. The Hall–Kier alpha value is -6.68. The summed E-state index contributed by atoms with van der Waals surface area (Å²) in [6, 6.07) is 69.2. The molecule has 7 aromatic carbocycles. The molecule has 0 atom stereocenters. The third kappa shape index (κ3) is 10.3. The molecule has 10 rings (SSSR count). The van der Waals surface area contributed by atoms with Crippen molar-refractivity contribution in [2.75, 3.05) is 9.80 Å². The zero-order chi connectivity index (χ0) is 54.2. The fraction of sp³-hybridized carbons (Fsp3) is 0.296. The molecule has 2 aromatic heterocycles. The molecule has 0 unspecified atom stereocenters. The van der Waals surface area contributed by atoms with Gasteiger partial charge in [0.15, 0.2) is 0 Å². The van der Waals surface area contributed by atoms with E-state index < -0.39 is 10.8 Å². The van der Waals surface area contributed by atoms with Crippen molar-refractivity contribution in [3.05, 3.63) is 245 Å². The summed E-state index contributed by atoms with van der Waals surface area (Å²) in [5.74, 6) is 2.07. The quantitative estimate of drug-likeness (QED) is 0.121. The van der Waals surface area contributed by atoms with E-state index in [1.54, 1.807) is 0 Å². The SMILES string of the molecule is CC(C)(C)c1cc(Oc2[c-]c3c(c(C(C)(C)C)c2)c2ccccc2n3-c2cc(C(C)(C)c3ccccc3)ccn2)[c-]c(N2[CH-]N(c3cccc(C(C)(C)C)c3)C(C(C)(C)c3ccccc3)=C2C(C)(C)c2ccccc2)c1.[Pt]. The van der Waals surface area contributed by atoms with Crippen molar-refractivity contribution in [2.45, 2.75) is 136 Å². The van der Waals surface area contributed by atoms with Crippen LogP contribution in [0.2, 0.25) is 0 Å². The predicted molar refractivity (Wildman–Crippen MR) is 319 cm³/mol. The molecule has 77 heavy (non-hydrogen) atoms. The van der Waals surface area contributed by atoms with Crippen molar-refractivity contribution in [1.29, 1.82) is 0 Å².